The molecular formula is C24H25ClN4O3. The molecule has 0 aliphatic carbocycles. The van der Waals surface area contributed by atoms with Gasteiger partial charge in [0.1, 0.15) is 10.9 Å². The van der Waals surface area contributed by atoms with E-state index in [2.05, 4.69) is 10.4 Å². The van der Waals surface area contributed by atoms with E-state index in [-0.39, 0.29) is 11.8 Å². The lowest BCUT2D eigenvalue weighted by molar-refractivity contribution is -0.111. The summed E-state index contributed by atoms with van der Waals surface area (Å²) in [4.78, 5) is 26.3. The Bertz CT molecular complexity index is 1150. The summed E-state index contributed by atoms with van der Waals surface area (Å²) >= 11 is 6.51. The monoisotopic (exact) mass is 452 g/mol. The molecule has 1 heterocycles. The molecule has 0 radical (unpaired) electrons. The number of methoxy groups -OCH3 is 1. The molecule has 0 aliphatic heterocycles. The Morgan fingerprint density at radius 2 is 1.91 bits per heavy atom. The van der Waals surface area contributed by atoms with Crippen molar-refractivity contribution in [1.29, 1.82) is 0 Å². The van der Waals surface area contributed by atoms with Gasteiger partial charge < -0.3 is 15.0 Å². The van der Waals surface area contributed by atoms with E-state index in [1.807, 2.05) is 37.3 Å². The Morgan fingerprint density at radius 1 is 1.19 bits per heavy atom. The minimum absolute atomic E-state index is 0.174. The first kappa shape index (κ1) is 23.1. The molecule has 2 aromatic carbocycles. The molecular weight excluding hydrogens is 428 g/mol. The van der Waals surface area contributed by atoms with E-state index < -0.39 is 0 Å². The third-order valence-electron chi connectivity index (χ3n) is 4.80. The molecule has 0 saturated carbocycles. The summed E-state index contributed by atoms with van der Waals surface area (Å²) in [7, 11) is 4.83. The van der Waals surface area contributed by atoms with E-state index in [0.717, 1.165) is 5.56 Å². The zero-order valence-corrected chi connectivity index (χ0v) is 19.2. The van der Waals surface area contributed by atoms with Gasteiger partial charge in [-0.25, -0.2) is 4.68 Å². The molecule has 166 valence electrons. The standard InChI is InChI=1S/C24H25ClN4O3/c1-16-19(23(25)29(27-16)15-17-8-6-5-7-9-17)11-13-22(30)26-20-14-18(24(31)28(2)3)10-12-21(20)32-4/h5-14H,15H2,1-4H3,(H,26,30)/b13-11+. The van der Waals surface area contributed by atoms with E-state index in [9.17, 15) is 9.59 Å². The number of ether oxygens (including phenoxy) is 1. The number of rotatable bonds is 7. The SMILES string of the molecule is COc1ccc(C(=O)N(C)C)cc1NC(=O)/C=C/c1c(C)nn(Cc2ccccc2)c1Cl. The molecule has 0 saturated heterocycles. The molecule has 1 N–H and O–H groups in total. The number of nitrogens with zero attached hydrogens (tertiary/aromatic N) is 3. The van der Waals surface area contributed by atoms with Crippen LogP contribution < -0.4 is 10.1 Å². The van der Waals surface area contributed by atoms with Crippen molar-refractivity contribution in [2.24, 2.45) is 0 Å². The van der Waals surface area contributed by atoms with Gasteiger partial charge in [-0.2, -0.15) is 5.10 Å². The van der Waals surface area contributed by atoms with Crippen molar-refractivity contribution >= 4 is 35.2 Å². The molecule has 0 spiro atoms. The summed E-state index contributed by atoms with van der Waals surface area (Å²) in [6.07, 6.45) is 3.01. The molecule has 0 bridgehead atoms. The number of hydrogen-bond donors (Lipinski definition) is 1. The molecule has 7 nitrogen and oxygen atoms in total. The first-order valence-corrected chi connectivity index (χ1v) is 10.3. The van der Waals surface area contributed by atoms with Gasteiger partial charge >= 0.3 is 0 Å². The molecule has 0 unspecified atom stereocenters. The van der Waals surface area contributed by atoms with Crippen LogP contribution in [0.3, 0.4) is 0 Å². The third-order valence-corrected chi connectivity index (χ3v) is 5.20. The number of carbonyl (C=O) groups excluding carboxylic acids is 2. The van der Waals surface area contributed by atoms with Crippen molar-refractivity contribution in [1.82, 2.24) is 14.7 Å². The molecule has 8 heteroatoms. The molecule has 1 aromatic heterocycles. The van der Waals surface area contributed by atoms with Crippen molar-refractivity contribution < 1.29 is 14.3 Å². The highest BCUT2D eigenvalue weighted by molar-refractivity contribution is 6.31. The Morgan fingerprint density at radius 3 is 2.56 bits per heavy atom. The summed E-state index contributed by atoms with van der Waals surface area (Å²) in [5.41, 5.74) is 3.30. The number of aromatic nitrogens is 2. The molecule has 32 heavy (non-hydrogen) atoms. The molecule has 0 atom stereocenters. The maximum absolute atomic E-state index is 12.6. The summed E-state index contributed by atoms with van der Waals surface area (Å²) in [5.74, 6) is -0.108. The number of benzene rings is 2. The maximum atomic E-state index is 12.6. The largest absolute Gasteiger partial charge is 0.495 e. The smallest absolute Gasteiger partial charge is 0.253 e. The fourth-order valence-corrected chi connectivity index (χ4v) is 3.45. The Kier molecular flexibility index (Phi) is 7.33. The second-order valence-electron chi connectivity index (χ2n) is 7.37. The number of carbonyl (C=O) groups is 2. The average molecular weight is 453 g/mol. The van der Waals surface area contributed by atoms with Crippen LogP contribution in [0.2, 0.25) is 5.15 Å². The van der Waals surface area contributed by atoms with Gasteiger partial charge in [-0.1, -0.05) is 41.9 Å². The van der Waals surface area contributed by atoms with Crippen LogP contribution >= 0.6 is 11.6 Å². The van der Waals surface area contributed by atoms with Crippen LogP contribution in [0.4, 0.5) is 5.69 Å². The van der Waals surface area contributed by atoms with E-state index in [4.69, 9.17) is 16.3 Å². The van der Waals surface area contributed by atoms with Crippen LogP contribution in [0, 0.1) is 6.92 Å². The number of halogens is 1. The maximum Gasteiger partial charge on any atom is 0.253 e. The minimum Gasteiger partial charge on any atom is -0.495 e. The van der Waals surface area contributed by atoms with Crippen molar-refractivity contribution in [2.45, 2.75) is 13.5 Å². The normalized spacial score (nSPS) is 10.9. The van der Waals surface area contributed by atoms with Crippen LogP contribution in [0.5, 0.6) is 5.75 Å². The van der Waals surface area contributed by atoms with Gasteiger partial charge in [0.15, 0.2) is 0 Å². The predicted molar refractivity (Wildman–Crippen MR) is 126 cm³/mol. The summed E-state index contributed by atoms with van der Waals surface area (Å²) in [6, 6.07) is 14.7. The Labute approximate surface area is 192 Å². The topological polar surface area (TPSA) is 76.5 Å². The quantitative estimate of drug-likeness (QED) is 0.543. The van der Waals surface area contributed by atoms with Gasteiger partial charge in [-0.15, -0.1) is 0 Å². The number of amides is 2. The fourth-order valence-electron chi connectivity index (χ4n) is 3.15. The molecule has 3 rings (SSSR count). The lowest BCUT2D eigenvalue weighted by Gasteiger charge is -2.14. The highest BCUT2D eigenvalue weighted by Crippen LogP contribution is 2.27. The summed E-state index contributed by atoms with van der Waals surface area (Å²) in [5, 5.41) is 7.69. The summed E-state index contributed by atoms with van der Waals surface area (Å²) in [6.45, 7) is 2.37. The highest BCUT2D eigenvalue weighted by atomic mass is 35.5. The molecule has 0 fully saturated rings. The third kappa shape index (κ3) is 5.36. The zero-order valence-electron chi connectivity index (χ0n) is 18.4. The van der Waals surface area contributed by atoms with Crippen LogP contribution in [0.25, 0.3) is 6.08 Å². The van der Waals surface area contributed by atoms with Crippen LogP contribution in [0.15, 0.2) is 54.6 Å². The van der Waals surface area contributed by atoms with E-state index >= 15 is 0 Å². The molecule has 0 aliphatic rings. The van der Waals surface area contributed by atoms with Crippen LogP contribution in [-0.4, -0.2) is 47.7 Å². The zero-order chi connectivity index (χ0) is 23.3. The Hall–Kier alpha value is -3.58. The van der Waals surface area contributed by atoms with Gasteiger partial charge in [-0.3, -0.25) is 9.59 Å². The van der Waals surface area contributed by atoms with E-state index in [1.165, 1.54) is 18.1 Å². The number of hydrogen-bond acceptors (Lipinski definition) is 4. The number of anilines is 1. The highest BCUT2D eigenvalue weighted by Gasteiger charge is 2.14. The molecule has 2 amide bonds. The lowest BCUT2D eigenvalue weighted by Crippen LogP contribution is -2.22. The van der Waals surface area contributed by atoms with Crippen molar-refractivity contribution in [2.75, 3.05) is 26.5 Å². The average Bonchev–Trinajstić information content (AvgIpc) is 3.04. The van der Waals surface area contributed by atoms with Gasteiger partial charge in [0.05, 0.1) is 25.0 Å². The van der Waals surface area contributed by atoms with Crippen molar-refractivity contribution in [3.63, 3.8) is 0 Å². The molecule has 3 aromatic rings. The van der Waals surface area contributed by atoms with E-state index in [1.54, 1.807) is 43.1 Å². The van der Waals surface area contributed by atoms with Crippen LogP contribution in [0.1, 0.15) is 27.2 Å². The van der Waals surface area contributed by atoms with Gasteiger partial charge in [0.25, 0.3) is 5.91 Å². The Balaban J connectivity index is 1.77. The first-order chi connectivity index (χ1) is 15.3. The lowest BCUT2D eigenvalue weighted by atomic mass is 10.1. The van der Waals surface area contributed by atoms with E-state index in [0.29, 0.717) is 40.0 Å². The van der Waals surface area contributed by atoms with Gasteiger partial charge in [0.2, 0.25) is 5.91 Å². The van der Waals surface area contributed by atoms with Crippen molar-refractivity contribution in [3.8, 4) is 5.75 Å². The predicted octanol–water partition coefficient (Wildman–Crippen LogP) is 4.26. The minimum atomic E-state index is -0.385. The van der Waals surface area contributed by atoms with Gasteiger partial charge in [-0.05, 0) is 36.8 Å². The second-order valence-corrected chi connectivity index (χ2v) is 7.73. The van der Waals surface area contributed by atoms with Crippen molar-refractivity contribution in [3.05, 3.63) is 82.1 Å². The first-order valence-electron chi connectivity index (χ1n) is 9.95. The van der Waals surface area contributed by atoms with Gasteiger partial charge in [0, 0.05) is 31.3 Å². The summed E-state index contributed by atoms with van der Waals surface area (Å²) < 4.78 is 7.00. The number of aryl methyl sites for hydroxylation is 1. The fraction of sp³-hybridized carbons (Fsp3) is 0.208. The number of nitrogens with one attached hydrogen (secondary N) is 1. The van der Waals surface area contributed by atoms with Crippen LogP contribution in [-0.2, 0) is 11.3 Å². The second kappa shape index (κ2) is 10.2.